The highest BCUT2D eigenvalue weighted by atomic mass is 32.2. The average Bonchev–Trinajstić information content (AvgIpc) is 3.30. The van der Waals surface area contributed by atoms with E-state index in [-0.39, 0.29) is 35.9 Å². The van der Waals surface area contributed by atoms with Crippen LogP contribution in [-0.2, 0) is 17.3 Å². The van der Waals surface area contributed by atoms with Crippen LogP contribution in [0.1, 0.15) is 18.0 Å². The molecule has 3 heterocycles. The van der Waals surface area contributed by atoms with Crippen LogP contribution in [0.3, 0.4) is 0 Å². The van der Waals surface area contributed by atoms with Crippen LogP contribution in [0.5, 0.6) is 0 Å². The van der Waals surface area contributed by atoms with Crippen molar-refractivity contribution in [3.05, 3.63) is 59.7 Å². The van der Waals surface area contributed by atoms with Crippen LogP contribution < -0.4 is 4.90 Å². The molecule has 0 radical (unpaired) electrons. The predicted octanol–water partition coefficient (Wildman–Crippen LogP) is 3.54. The second kappa shape index (κ2) is 9.65. The van der Waals surface area contributed by atoms with Crippen molar-refractivity contribution in [3.8, 4) is 11.5 Å². The average molecular weight is 483 g/mol. The molecule has 3 aromatic rings. The standard InChI is InChI=1S/C20H17F4N5O3S/c21-13-3-1-2-4-16(13)29(20(30)28-5-7-33(31)8-6-28)11-15-14(22)9-12(10-25-15)18-26-27-19(32-18)17(23)24/h1-4,9-10,17H,5-8,11H2. The summed E-state index contributed by atoms with van der Waals surface area (Å²) in [5.74, 6) is -2.22. The first kappa shape index (κ1) is 22.8. The van der Waals surface area contributed by atoms with Gasteiger partial charge in [-0.3, -0.25) is 14.1 Å². The summed E-state index contributed by atoms with van der Waals surface area (Å²) >= 11 is 0. The number of para-hydroxylation sites is 1. The predicted molar refractivity (Wildman–Crippen MR) is 110 cm³/mol. The van der Waals surface area contributed by atoms with Gasteiger partial charge in [-0.15, -0.1) is 10.2 Å². The lowest BCUT2D eigenvalue weighted by molar-refractivity contribution is 0.116. The van der Waals surface area contributed by atoms with Crippen LogP contribution in [0, 0.1) is 11.6 Å². The maximum absolute atomic E-state index is 14.8. The first-order chi connectivity index (χ1) is 15.8. The minimum absolute atomic E-state index is 0.0297. The molecule has 1 aliphatic heterocycles. The molecule has 2 aromatic heterocycles. The monoisotopic (exact) mass is 483 g/mol. The third kappa shape index (κ3) is 5.02. The van der Waals surface area contributed by atoms with Gasteiger partial charge in [0.2, 0.25) is 5.89 Å². The van der Waals surface area contributed by atoms with Crippen LogP contribution in [-0.4, -0.2) is 54.9 Å². The second-order valence-electron chi connectivity index (χ2n) is 7.05. The molecule has 8 nitrogen and oxygen atoms in total. The number of hydrogen-bond donors (Lipinski definition) is 0. The van der Waals surface area contributed by atoms with Crippen molar-refractivity contribution in [3.63, 3.8) is 0 Å². The quantitative estimate of drug-likeness (QED) is 0.516. The summed E-state index contributed by atoms with van der Waals surface area (Å²) in [6, 6.07) is 5.92. The summed E-state index contributed by atoms with van der Waals surface area (Å²) in [7, 11) is -1.03. The van der Waals surface area contributed by atoms with Crippen molar-refractivity contribution >= 4 is 22.5 Å². The number of benzene rings is 1. The fraction of sp³-hybridized carbons (Fsp3) is 0.300. The number of alkyl halides is 2. The number of halogens is 4. The van der Waals surface area contributed by atoms with E-state index in [0.29, 0.717) is 11.5 Å². The number of pyridine rings is 1. The van der Waals surface area contributed by atoms with Crippen molar-refractivity contribution in [2.45, 2.75) is 13.0 Å². The molecular weight excluding hydrogens is 466 g/mol. The summed E-state index contributed by atoms with van der Waals surface area (Å²) < 4.78 is 71.1. The Hall–Kier alpha value is -3.35. The maximum Gasteiger partial charge on any atom is 0.325 e. The number of aromatic nitrogens is 3. The molecule has 0 atom stereocenters. The molecule has 1 aromatic carbocycles. The van der Waals surface area contributed by atoms with E-state index in [4.69, 9.17) is 4.42 Å². The summed E-state index contributed by atoms with van der Waals surface area (Å²) in [6.07, 6.45) is -1.84. The number of urea groups is 1. The number of amides is 2. The molecule has 0 spiro atoms. The van der Waals surface area contributed by atoms with Crippen molar-refractivity contribution in [2.24, 2.45) is 0 Å². The van der Waals surface area contributed by atoms with E-state index in [1.54, 1.807) is 0 Å². The first-order valence-corrected chi connectivity index (χ1v) is 11.2. The number of rotatable bonds is 5. The van der Waals surface area contributed by atoms with Gasteiger partial charge in [0, 0.05) is 41.6 Å². The van der Waals surface area contributed by atoms with Crippen LogP contribution in [0.25, 0.3) is 11.5 Å². The fourth-order valence-electron chi connectivity index (χ4n) is 3.22. The topological polar surface area (TPSA) is 92.4 Å². The molecule has 13 heteroatoms. The van der Waals surface area contributed by atoms with E-state index < -0.39 is 47.3 Å². The van der Waals surface area contributed by atoms with E-state index in [1.807, 2.05) is 0 Å². The van der Waals surface area contributed by atoms with Crippen LogP contribution >= 0.6 is 0 Å². The van der Waals surface area contributed by atoms with Crippen molar-refractivity contribution in [1.82, 2.24) is 20.1 Å². The van der Waals surface area contributed by atoms with E-state index in [1.165, 1.54) is 29.2 Å². The maximum atomic E-state index is 14.8. The Bertz CT molecular complexity index is 1180. The number of hydrogen-bond acceptors (Lipinski definition) is 6. The van der Waals surface area contributed by atoms with Gasteiger partial charge in [-0.1, -0.05) is 12.1 Å². The number of carbonyl (C=O) groups excluding carboxylic acids is 1. The van der Waals surface area contributed by atoms with Crippen LogP contribution in [0.2, 0.25) is 0 Å². The smallest absolute Gasteiger partial charge is 0.325 e. The Labute approximate surface area is 187 Å². The van der Waals surface area contributed by atoms with Gasteiger partial charge < -0.3 is 9.32 Å². The zero-order valence-corrected chi connectivity index (χ0v) is 17.8. The zero-order chi connectivity index (χ0) is 23.5. The Morgan fingerprint density at radius 3 is 2.52 bits per heavy atom. The van der Waals surface area contributed by atoms with E-state index >= 15 is 0 Å². The third-order valence-corrected chi connectivity index (χ3v) is 6.20. The summed E-state index contributed by atoms with van der Waals surface area (Å²) in [6.45, 7) is 0.0291. The summed E-state index contributed by atoms with van der Waals surface area (Å²) in [5.41, 5.74) is -0.291. The lowest BCUT2D eigenvalue weighted by Gasteiger charge is -2.32. The molecule has 0 saturated carbocycles. The molecule has 174 valence electrons. The molecular formula is C20H17F4N5O3S. The second-order valence-corrected chi connectivity index (χ2v) is 8.75. The van der Waals surface area contributed by atoms with E-state index in [2.05, 4.69) is 15.2 Å². The molecule has 33 heavy (non-hydrogen) atoms. The molecule has 1 saturated heterocycles. The molecule has 0 N–H and O–H groups in total. The van der Waals surface area contributed by atoms with E-state index in [0.717, 1.165) is 17.2 Å². The van der Waals surface area contributed by atoms with E-state index in [9.17, 15) is 26.6 Å². The highest BCUT2D eigenvalue weighted by molar-refractivity contribution is 7.85. The number of nitrogens with zero attached hydrogens (tertiary/aromatic N) is 5. The highest BCUT2D eigenvalue weighted by Crippen LogP contribution is 2.26. The first-order valence-electron chi connectivity index (χ1n) is 9.75. The zero-order valence-electron chi connectivity index (χ0n) is 17.0. The minimum Gasteiger partial charge on any atom is -0.415 e. The largest absolute Gasteiger partial charge is 0.415 e. The van der Waals surface area contributed by atoms with Gasteiger partial charge in [0.05, 0.1) is 23.5 Å². The lowest BCUT2D eigenvalue weighted by Crippen LogP contribution is -2.49. The Balaban J connectivity index is 1.62. The van der Waals surface area contributed by atoms with Gasteiger partial charge in [0.1, 0.15) is 11.6 Å². The van der Waals surface area contributed by atoms with Gasteiger partial charge in [0.15, 0.2) is 0 Å². The van der Waals surface area contributed by atoms with Gasteiger partial charge >= 0.3 is 12.5 Å². The summed E-state index contributed by atoms with van der Waals surface area (Å²) in [5, 5.41) is 6.63. The van der Waals surface area contributed by atoms with Crippen molar-refractivity contribution < 1.29 is 31.0 Å². The SMILES string of the molecule is O=C(N1CCS(=O)CC1)N(Cc1ncc(-c2nnc(C(F)F)o2)cc1F)c1ccccc1F. The Kier molecular flexibility index (Phi) is 6.67. The number of anilines is 1. The molecule has 1 fully saturated rings. The third-order valence-electron chi connectivity index (χ3n) is 4.92. The van der Waals surface area contributed by atoms with Gasteiger partial charge in [0.25, 0.3) is 5.89 Å². The highest BCUT2D eigenvalue weighted by Gasteiger charge is 2.29. The Morgan fingerprint density at radius 1 is 1.15 bits per heavy atom. The molecule has 0 aliphatic carbocycles. The van der Waals surface area contributed by atoms with Gasteiger partial charge in [-0.05, 0) is 18.2 Å². The molecule has 0 unspecified atom stereocenters. The van der Waals surface area contributed by atoms with Crippen LogP contribution in [0.4, 0.5) is 28.0 Å². The Morgan fingerprint density at radius 2 is 1.88 bits per heavy atom. The summed E-state index contributed by atoms with van der Waals surface area (Å²) in [4.78, 5) is 19.6. The number of carbonyl (C=O) groups is 1. The molecule has 2 amide bonds. The van der Waals surface area contributed by atoms with Gasteiger partial charge in [-0.25, -0.2) is 13.6 Å². The normalized spacial score (nSPS) is 14.6. The molecule has 0 bridgehead atoms. The van der Waals surface area contributed by atoms with Gasteiger partial charge in [-0.2, -0.15) is 8.78 Å². The van der Waals surface area contributed by atoms with Crippen LogP contribution in [0.15, 0.2) is 40.9 Å². The van der Waals surface area contributed by atoms with Crippen molar-refractivity contribution in [1.29, 1.82) is 0 Å². The minimum atomic E-state index is -2.98. The fourth-order valence-corrected chi connectivity index (χ4v) is 4.27. The lowest BCUT2D eigenvalue weighted by atomic mass is 10.2. The van der Waals surface area contributed by atoms with Crippen molar-refractivity contribution in [2.75, 3.05) is 29.5 Å². The molecule has 1 aliphatic rings. The molecule has 4 rings (SSSR count).